The predicted octanol–water partition coefficient (Wildman–Crippen LogP) is -0.102. The van der Waals surface area contributed by atoms with Crippen molar-refractivity contribution < 1.29 is 26.7 Å². The Bertz CT molecular complexity index is 1030. The lowest BCUT2D eigenvalue weighted by Gasteiger charge is -2.09. The van der Waals surface area contributed by atoms with Crippen LogP contribution in [0, 0.1) is 0 Å². The van der Waals surface area contributed by atoms with E-state index >= 15 is 0 Å². The van der Waals surface area contributed by atoms with Gasteiger partial charge >= 0.3 is 0 Å². The molecule has 0 atom stereocenters. The van der Waals surface area contributed by atoms with Gasteiger partial charge in [-0.05, 0) is 42.0 Å². The van der Waals surface area contributed by atoms with Crippen LogP contribution < -0.4 is 15.0 Å². The van der Waals surface area contributed by atoms with E-state index in [2.05, 4.69) is 4.72 Å². The molecule has 0 aromatic heterocycles. The van der Waals surface area contributed by atoms with Crippen molar-refractivity contribution in [1.29, 1.82) is 0 Å². The summed E-state index contributed by atoms with van der Waals surface area (Å²) in [6.45, 7) is 0. The molecule has 0 aliphatic carbocycles. The molecule has 0 amide bonds. The minimum atomic E-state index is -3.96. The van der Waals surface area contributed by atoms with Crippen LogP contribution in [-0.2, 0) is 24.8 Å². The second-order valence-electron chi connectivity index (χ2n) is 4.90. The number of rotatable bonds is 6. The lowest BCUT2D eigenvalue weighted by molar-refractivity contribution is -0.297. The van der Waals surface area contributed by atoms with Crippen LogP contribution in [0.15, 0.2) is 64.4 Å². The van der Waals surface area contributed by atoms with Crippen LogP contribution in [-0.4, -0.2) is 22.8 Å². The largest absolute Gasteiger partial charge is 0.545 e. The maximum absolute atomic E-state index is 12.3. The smallest absolute Gasteiger partial charge is 0.261 e. The summed E-state index contributed by atoms with van der Waals surface area (Å²) in [6.07, 6.45) is 2.08. The maximum Gasteiger partial charge on any atom is 0.261 e. The summed E-state index contributed by atoms with van der Waals surface area (Å²) in [5.41, 5.74) is 0.506. The number of carboxylic acids is 1. The molecule has 2 aromatic rings. The molecular formula is C15H13N2O6S2-. The lowest BCUT2D eigenvalue weighted by Crippen LogP contribution is -2.18. The van der Waals surface area contributed by atoms with Crippen LogP contribution in [0.5, 0.6) is 0 Å². The molecule has 0 aliphatic heterocycles. The Labute approximate surface area is 144 Å². The lowest BCUT2D eigenvalue weighted by atomic mass is 10.2. The van der Waals surface area contributed by atoms with E-state index in [9.17, 15) is 26.7 Å². The van der Waals surface area contributed by atoms with Crippen molar-refractivity contribution in [3.05, 3.63) is 60.2 Å². The molecule has 25 heavy (non-hydrogen) atoms. The molecule has 3 N–H and O–H groups in total. The van der Waals surface area contributed by atoms with Crippen LogP contribution in [0.2, 0.25) is 0 Å². The van der Waals surface area contributed by atoms with Crippen LogP contribution >= 0.6 is 0 Å². The van der Waals surface area contributed by atoms with Crippen molar-refractivity contribution in [3.8, 4) is 0 Å². The maximum atomic E-state index is 12.3. The second kappa shape index (κ2) is 7.05. The molecule has 0 aliphatic rings. The van der Waals surface area contributed by atoms with Crippen LogP contribution in [0.4, 0.5) is 5.69 Å². The Morgan fingerprint density at radius 3 is 2.20 bits per heavy atom. The zero-order chi connectivity index (χ0) is 18.7. The number of nitrogens with two attached hydrogens (primary N) is 1. The Hall–Kier alpha value is -2.69. The zero-order valence-corrected chi connectivity index (χ0v) is 14.2. The van der Waals surface area contributed by atoms with E-state index in [4.69, 9.17) is 5.14 Å². The van der Waals surface area contributed by atoms with Crippen molar-refractivity contribution in [2.24, 2.45) is 5.14 Å². The van der Waals surface area contributed by atoms with Gasteiger partial charge in [0.1, 0.15) is 0 Å². The first-order chi connectivity index (χ1) is 11.6. The van der Waals surface area contributed by atoms with Crippen LogP contribution in [0.25, 0.3) is 6.08 Å². The van der Waals surface area contributed by atoms with E-state index in [0.29, 0.717) is 5.56 Å². The minimum absolute atomic E-state index is 0.0347. The number of sulfonamides is 2. The molecule has 0 saturated heterocycles. The normalized spacial score (nSPS) is 12.2. The van der Waals surface area contributed by atoms with Gasteiger partial charge in [0.2, 0.25) is 10.0 Å². The third kappa shape index (κ3) is 5.14. The monoisotopic (exact) mass is 381 g/mol. The minimum Gasteiger partial charge on any atom is -0.545 e. The van der Waals surface area contributed by atoms with Crippen LogP contribution in [0.1, 0.15) is 5.56 Å². The van der Waals surface area contributed by atoms with E-state index in [1.807, 2.05) is 0 Å². The molecule has 0 fully saturated rings. The first-order valence-corrected chi connectivity index (χ1v) is 9.76. The number of anilines is 1. The molecule has 0 unspecified atom stereocenters. The Kier molecular flexibility index (Phi) is 5.26. The number of hydrogen-bond donors (Lipinski definition) is 2. The van der Waals surface area contributed by atoms with Gasteiger partial charge in [-0.3, -0.25) is 4.72 Å². The highest BCUT2D eigenvalue weighted by Gasteiger charge is 2.15. The van der Waals surface area contributed by atoms with Crippen molar-refractivity contribution in [2.45, 2.75) is 9.79 Å². The van der Waals surface area contributed by atoms with E-state index in [-0.39, 0.29) is 15.5 Å². The number of carboxylic acid groups (broad SMARTS) is 1. The average Bonchev–Trinajstić information content (AvgIpc) is 2.52. The first-order valence-electron chi connectivity index (χ1n) is 6.73. The molecule has 0 bridgehead atoms. The number of carbonyl (C=O) groups excluding carboxylic acids is 1. The molecular weight excluding hydrogens is 368 g/mol. The number of benzene rings is 2. The van der Waals surface area contributed by atoms with Gasteiger partial charge in [-0.1, -0.05) is 24.3 Å². The third-order valence-corrected chi connectivity index (χ3v) is 5.33. The summed E-state index contributed by atoms with van der Waals surface area (Å²) >= 11 is 0. The Morgan fingerprint density at radius 1 is 1.00 bits per heavy atom. The van der Waals surface area contributed by atoms with E-state index in [1.54, 1.807) is 0 Å². The summed E-state index contributed by atoms with van der Waals surface area (Å²) in [7, 11) is -7.92. The summed E-state index contributed by atoms with van der Waals surface area (Å²) in [5.74, 6) is -1.37. The quantitative estimate of drug-likeness (QED) is 0.668. The van der Waals surface area contributed by atoms with Gasteiger partial charge in [-0.15, -0.1) is 0 Å². The highest BCUT2D eigenvalue weighted by Crippen LogP contribution is 2.19. The molecule has 0 spiro atoms. The van der Waals surface area contributed by atoms with Gasteiger partial charge < -0.3 is 9.90 Å². The van der Waals surface area contributed by atoms with E-state index < -0.39 is 26.0 Å². The molecule has 2 aromatic carbocycles. The van der Waals surface area contributed by atoms with Gasteiger partial charge in [0.05, 0.1) is 21.4 Å². The van der Waals surface area contributed by atoms with Crippen LogP contribution in [0.3, 0.4) is 0 Å². The fourth-order valence-electron chi connectivity index (χ4n) is 1.87. The number of aliphatic carboxylic acids is 1. The third-order valence-electron chi connectivity index (χ3n) is 3.02. The number of nitrogens with one attached hydrogen (secondary N) is 1. The van der Waals surface area contributed by atoms with E-state index in [0.717, 1.165) is 12.1 Å². The Balaban J connectivity index is 2.26. The van der Waals surface area contributed by atoms with Gasteiger partial charge in [-0.2, -0.15) is 0 Å². The standard InChI is InChI=1S/C15H14N2O6S2/c16-24(20,21)14-3-1-2-12(10-14)17-25(22,23)13-7-4-11(5-8-13)6-9-15(18)19/h1-10,17H,(H,18,19)(H2,16,20,21)/p-1. The predicted molar refractivity (Wildman–Crippen MR) is 89.1 cm³/mol. The van der Waals surface area contributed by atoms with Gasteiger partial charge in [0.15, 0.2) is 0 Å². The zero-order valence-electron chi connectivity index (χ0n) is 12.6. The van der Waals surface area contributed by atoms with Crippen molar-refractivity contribution in [2.75, 3.05) is 4.72 Å². The van der Waals surface area contributed by atoms with Gasteiger partial charge in [-0.25, -0.2) is 22.0 Å². The fourth-order valence-corrected chi connectivity index (χ4v) is 3.48. The second-order valence-corrected chi connectivity index (χ2v) is 8.14. The van der Waals surface area contributed by atoms with Crippen molar-refractivity contribution in [1.82, 2.24) is 0 Å². The molecule has 0 heterocycles. The van der Waals surface area contributed by atoms with Gasteiger partial charge in [0, 0.05) is 0 Å². The highest BCUT2D eigenvalue weighted by molar-refractivity contribution is 7.92. The highest BCUT2D eigenvalue weighted by atomic mass is 32.2. The summed E-state index contributed by atoms with van der Waals surface area (Å²) in [6, 6.07) is 10.5. The topological polar surface area (TPSA) is 146 Å². The molecule has 0 radical (unpaired) electrons. The molecule has 8 nitrogen and oxygen atoms in total. The summed E-state index contributed by atoms with van der Waals surface area (Å²) in [4.78, 5) is 10.0. The number of primary sulfonamides is 1. The van der Waals surface area contributed by atoms with Crippen molar-refractivity contribution in [3.63, 3.8) is 0 Å². The molecule has 2 rings (SSSR count). The SMILES string of the molecule is NS(=O)(=O)c1cccc(NS(=O)(=O)c2ccc(C=CC(=O)[O-])cc2)c1. The number of carbonyl (C=O) groups is 1. The van der Waals surface area contributed by atoms with Crippen molar-refractivity contribution >= 4 is 37.8 Å². The average molecular weight is 381 g/mol. The molecule has 10 heteroatoms. The molecule has 0 saturated carbocycles. The molecule has 132 valence electrons. The number of hydrogen-bond acceptors (Lipinski definition) is 6. The summed E-state index contributed by atoms with van der Waals surface area (Å²) < 4.78 is 49.5. The van der Waals surface area contributed by atoms with E-state index in [1.165, 1.54) is 48.5 Å². The first kappa shape index (κ1) is 18.6. The van der Waals surface area contributed by atoms with Gasteiger partial charge in [0.25, 0.3) is 10.0 Å². The Morgan fingerprint density at radius 2 is 1.64 bits per heavy atom. The summed E-state index contributed by atoms with van der Waals surface area (Å²) in [5, 5.41) is 15.4. The fraction of sp³-hybridized carbons (Fsp3) is 0.